The average molecular weight is 333 g/mol. The molecule has 2 unspecified atom stereocenters. The highest BCUT2D eigenvalue weighted by atomic mass is 32.2. The maximum absolute atomic E-state index is 11.7. The predicted molar refractivity (Wildman–Crippen MR) is 86.5 cm³/mol. The van der Waals surface area contributed by atoms with E-state index in [1.54, 1.807) is 0 Å². The Morgan fingerprint density at radius 1 is 1.41 bits per heavy atom. The molecule has 0 radical (unpaired) electrons. The second-order valence-electron chi connectivity index (χ2n) is 5.73. The topological polar surface area (TPSA) is 88.1 Å². The number of aliphatic imine (C=N–C) groups is 1. The van der Waals surface area contributed by atoms with Gasteiger partial charge in [-0.1, -0.05) is 6.92 Å². The SMILES string of the molecule is CCNC(=NCCCS(C)(=O)=O)N1CC(C)C(C(=O)OC)C1. The van der Waals surface area contributed by atoms with Crippen LogP contribution >= 0.6 is 0 Å². The fourth-order valence-corrected chi connectivity index (χ4v) is 3.19. The number of hydrogen-bond donors (Lipinski definition) is 1. The van der Waals surface area contributed by atoms with E-state index in [0.29, 0.717) is 19.5 Å². The van der Waals surface area contributed by atoms with Crippen LogP contribution in [-0.4, -0.2) is 70.5 Å². The molecule has 22 heavy (non-hydrogen) atoms. The first-order chi connectivity index (χ1) is 10.3. The lowest BCUT2D eigenvalue weighted by molar-refractivity contribution is -0.145. The van der Waals surface area contributed by atoms with E-state index >= 15 is 0 Å². The average Bonchev–Trinajstić information content (AvgIpc) is 2.82. The van der Waals surface area contributed by atoms with E-state index in [1.165, 1.54) is 13.4 Å². The molecule has 0 bridgehead atoms. The van der Waals surface area contributed by atoms with E-state index in [9.17, 15) is 13.2 Å². The third-order valence-corrected chi connectivity index (χ3v) is 4.72. The second-order valence-corrected chi connectivity index (χ2v) is 7.99. The molecule has 1 aliphatic heterocycles. The third kappa shape index (κ3) is 5.82. The Morgan fingerprint density at radius 3 is 2.64 bits per heavy atom. The monoisotopic (exact) mass is 333 g/mol. The summed E-state index contributed by atoms with van der Waals surface area (Å²) in [6.07, 6.45) is 1.72. The fourth-order valence-electron chi connectivity index (χ4n) is 2.54. The molecule has 128 valence electrons. The molecule has 2 atom stereocenters. The molecule has 0 saturated carbocycles. The number of esters is 1. The highest BCUT2D eigenvalue weighted by Gasteiger charge is 2.36. The van der Waals surface area contributed by atoms with Gasteiger partial charge in [0.1, 0.15) is 9.84 Å². The first-order valence-corrected chi connectivity index (χ1v) is 9.63. The van der Waals surface area contributed by atoms with E-state index in [-0.39, 0.29) is 23.6 Å². The number of guanidine groups is 1. The van der Waals surface area contributed by atoms with Crippen molar-refractivity contribution < 1.29 is 17.9 Å². The van der Waals surface area contributed by atoms with Crippen LogP contribution in [0.4, 0.5) is 0 Å². The molecule has 8 heteroatoms. The largest absolute Gasteiger partial charge is 0.469 e. The van der Waals surface area contributed by atoms with E-state index in [2.05, 4.69) is 10.3 Å². The van der Waals surface area contributed by atoms with E-state index < -0.39 is 9.84 Å². The van der Waals surface area contributed by atoms with Crippen molar-refractivity contribution in [1.82, 2.24) is 10.2 Å². The van der Waals surface area contributed by atoms with Gasteiger partial charge in [-0.25, -0.2) is 8.42 Å². The quantitative estimate of drug-likeness (QED) is 0.322. The first kappa shape index (κ1) is 18.7. The number of carbonyl (C=O) groups excluding carboxylic acids is 1. The van der Waals surface area contributed by atoms with Crippen molar-refractivity contribution in [3.8, 4) is 0 Å². The summed E-state index contributed by atoms with van der Waals surface area (Å²) in [5.74, 6) is 0.728. The van der Waals surface area contributed by atoms with E-state index in [0.717, 1.165) is 19.0 Å². The summed E-state index contributed by atoms with van der Waals surface area (Å²) in [6.45, 7) is 6.48. The van der Waals surface area contributed by atoms with Crippen molar-refractivity contribution >= 4 is 21.8 Å². The van der Waals surface area contributed by atoms with Crippen molar-refractivity contribution in [1.29, 1.82) is 0 Å². The lowest BCUT2D eigenvalue weighted by atomic mass is 9.99. The van der Waals surface area contributed by atoms with Gasteiger partial charge in [0.05, 0.1) is 18.8 Å². The molecule has 1 N–H and O–H groups in total. The Morgan fingerprint density at radius 2 is 2.09 bits per heavy atom. The number of likely N-dealkylation sites (tertiary alicyclic amines) is 1. The van der Waals surface area contributed by atoms with Crippen LogP contribution in [0, 0.1) is 11.8 Å². The van der Waals surface area contributed by atoms with Crippen LogP contribution in [0.1, 0.15) is 20.3 Å². The summed E-state index contributed by atoms with van der Waals surface area (Å²) in [5, 5.41) is 3.19. The highest BCUT2D eigenvalue weighted by molar-refractivity contribution is 7.90. The molecule has 1 rings (SSSR count). The number of sulfone groups is 1. The molecule has 0 spiro atoms. The van der Waals surface area contributed by atoms with Crippen molar-refractivity contribution in [3.63, 3.8) is 0 Å². The van der Waals surface area contributed by atoms with Crippen molar-refractivity contribution in [2.24, 2.45) is 16.8 Å². The normalized spacial score (nSPS) is 22.7. The molecular weight excluding hydrogens is 306 g/mol. The molecule has 1 heterocycles. The van der Waals surface area contributed by atoms with Gasteiger partial charge in [0.2, 0.25) is 0 Å². The van der Waals surface area contributed by atoms with E-state index in [4.69, 9.17) is 4.74 Å². The molecule has 0 aliphatic carbocycles. The maximum atomic E-state index is 11.7. The van der Waals surface area contributed by atoms with Crippen LogP contribution in [0.5, 0.6) is 0 Å². The lowest BCUT2D eigenvalue weighted by Crippen LogP contribution is -2.40. The second kappa shape index (κ2) is 8.36. The van der Waals surface area contributed by atoms with Gasteiger partial charge in [-0.15, -0.1) is 0 Å². The van der Waals surface area contributed by atoms with Gasteiger partial charge in [0.25, 0.3) is 0 Å². The molecule has 0 aromatic rings. The van der Waals surface area contributed by atoms with Crippen molar-refractivity contribution in [2.75, 3.05) is 45.3 Å². The maximum Gasteiger partial charge on any atom is 0.310 e. The zero-order valence-electron chi connectivity index (χ0n) is 13.8. The summed E-state index contributed by atoms with van der Waals surface area (Å²) in [6, 6.07) is 0. The van der Waals surface area contributed by atoms with Crippen LogP contribution in [0.2, 0.25) is 0 Å². The summed E-state index contributed by atoms with van der Waals surface area (Å²) in [4.78, 5) is 18.3. The van der Waals surface area contributed by atoms with E-state index in [1.807, 2.05) is 18.7 Å². The lowest BCUT2D eigenvalue weighted by Gasteiger charge is -2.21. The van der Waals surface area contributed by atoms with Gasteiger partial charge in [-0.05, 0) is 19.3 Å². The summed E-state index contributed by atoms with van der Waals surface area (Å²) in [7, 11) is -1.55. The van der Waals surface area contributed by atoms with Gasteiger partial charge in [0.15, 0.2) is 5.96 Å². The first-order valence-electron chi connectivity index (χ1n) is 7.57. The third-order valence-electron chi connectivity index (χ3n) is 3.69. The molecule has 1 aliphatic rings. The Bertz CT molecular complexity index is 504. The minimum atomic E-state index is -2.95. The van der Waals surface area contributed by atoms with Crippen molar-refractivity contribution in [3.05, 3.63) is 0 Å². The van der Waals surface area contributed by atoms with Crippen LogP contribution in [-0.2, 0) is 19.4 Å². The minimum absolute atomic E-state index is 0.136. The summed E-state index contributed by atoms with van der Waals surface area (Å²) >= 11 is 0. The van der Waals surface area contributed by atoms with Crippen LogP contribution in [0.3, 0.4) is 0 Å². The predicted octanol–water partition coefficient (Wildman–Crippen LogP) is 0.128. The molecule has 7 nitrogen and oxygen atoms in total. The van der Waals surface area contributed by atoms with Gasteiger partial charge < -0.3 is 15.0 Å². The fraction of sp³-hybridized carbons (Fsp3) is 0.857. The van der Waals surface area contributed by atoms with Crippen LogP contribution in [0.25, 0.3) is 0 Å². The molecule has 0 aromatic heterocycles. The number of nitrogens with zero attached hydrogens (tertiary/aromatic N) is 2. The zero-order chi connectivity index (χ0) is 16.8. The van der Waals surface area contributed by atoms with Gasteiger partial charge in [0, 0.05) is 32.4 Å². The van der Waals surface area contributed by atoms with Gasteiger partial charge >= 0.3 is 5.97 Å². The zero-order valence-corrected chi connectivity index (χ0v) is 14.6. The Hall–Kier alpha value is -1.31. The number of carbonyl (C=O) groups is 1. The summed E-state index contributed by atoms with van der Waals surface area (Å²) < 4.78 is 27.1. The molecule has 1 saturated heterocycles. The van der Waals surface area contributed by atoms with Gasteiger partial charge in [-0.2, -0.15) is 0 Å². The molecule has 0 amide bonds. The molecule has 0 aromatic carbocycles. The van der Waals surface area contributed by atoms with Gasteiger partial charge in [-0.3, -0.25) is 9.79 Å². The highest BCUT2D eigenvalue weighted by Crippen LogP contribution is 2.24. The number of hydrogen-bond acceptors (Lipinski definition) is 5. The number of ether oxygens (including phenoxy) is 1. The number of methoxy groups -OCH3 is 1. The van der Waals surface area contributed by atoms with Crippen LogP contribution < -0.4 is 5.32 Å². The Kier molecular flexibility index (Phi) is 7.12. The van der Waals surface area contributed by atoms with Crippen molar-refractivity contribution in [2.45, 2.75) is 20.3 Å². The van der Waals surface area contributed by atoms with Crippen LogP contribution in [0.15, 0.2) is 4.99 Å². The Labute approximate surface area is 133 Å². The standard InChI is InChI=1S/C14H27N3O4S/c1-5-15-14(16-7-6-8-22(4,19)20)17-9-11(2)12(10-17)13(18)21-3/h11-12H,5-10H2,1-4H3,(H,15,16). The molecular formula is C14H27N3O4S. The smallest absolute Gasteiger partial charge is 0.310 e. The Balaban J connectivity index is 2.65. The number of rotatable bonds is 6. The minimum Gasteiger partial charge on any atom is -0.469 e. The number of nitrogens with one attached hydrogen (secondary N) is 1. The molecule has 1 fully saturated rings. The summed E-state index contributed by atoms with van der Waals surface area (Å²) in [5.41, 5.74) is 0.